The Bertz CT molecular complexity index is 1280. The first-order chi connectivity index (χ1) is 17.0. The number of amides is 1. The number of thioether (sulfide) groups is 1. The van der Waals surface area contributed by atoms with Gasteiger partial charge >= 0.3 is 0 Å². The monoisotopic (exact) mass is 488 g/mol. The molecule has 180 valence electrons. The molecule has 0 saturated heterocycles. The molecule has 1 heterocycles. The van der Waals surface area contributed by atoms with E-state index in [1.165, 1.54) is 11.8 Å². The molecule has 0 saturated carbocycles. The number of nitrogens with one attached hydrogen (secondary N) is 1. The Hall–Kier alpha value is -3.78. The predicted molar refractivity (Wildman–Crippen MR) is 139 cm³/mol. The van der Waals surface area contributed by atoms with Gasteiger partial charge in [0.2, 0.25) is 5.91 Å². The minimum atomic E-state index is -0.396. The van der Waals surface area contributed by atoms with E-state index in [0.29, 0.717) is 16.7 Å². The lowest BCUT2D eigenvalue weighted by Gasteiger charge is -2.18. The number of ether oxygens (including phenoxy) is 2. The van der Waals surface area contributed by atoms with Crippen LogP contribution in [0.2, 0.25) is 0 Å². The van der Waals surface area contributed by atoms with Gasteiger partial charge in [-0.05, 0) is 68.8 Å². The van der Waals surface area contributed by atoms with Crippen molar-refractivity contribution in [3.63, 3.8) is 0 Å². The molecule has 1 N–H and O–H groups in total. The minimum absolute atomic E-state index is 0.101. The molecule has 1 aromatic heterocycles. The highest BCUT2D eigenvalue weighted by Crippen LogP contribution is 2.31. The zero-order valence-corrected chi connectivity index (χ0v) is 21.0. The Morgan fingerprint density at radius 3 is 2.26 bits per heavy atom. The van der Waals surface area contributed by atoms with E-state index in [1.54, 1.807) is 7.11 Å². The first-order valence-corrected chi connectivity index (χ1v) is 12.2. The third-order valence-electron chi connectivity index (χ3n) is 5.46. The second kappa shape index (κ2) is 11.1. The quantitative estimate of drug-likeness (QED) is 0.298. The summed E-state index contributed by atoms with van der Waals surface area (Å²) in [5.41, 5.74) is 2.71. The number of nitrogens with zero attached hydrogens (tertiary/aromatic N) is 3. The molecule has 0 bridgehead atoms. The summed E-state index contributed by atoms with van der Waals surface area (Å²) in [6, 6.07) is 24.9. The van der Waals surface area contributed by atoms with E-state index in [4.69, 9.17) is 9.47 Å². The highest BCUT2D eigenvalue weighted by Gasteiger charge is 2.24. The lowest BCUT2D eigenvalue weighted by atomic mass is 10.2. The molecular formula is C27H28N4O3S. The van der Waals surface area contributed by atoms with Gasteiger partial charge in [-0.15, -0.1) is 10.2 Å². The number of hydrogen-bond donors (Lipinski definition) is 1. The van der Waals surface area contributed by atoms with Crippen molar-refractivity contribution in [2.75, 3.05) is 12.4 Å². The molecule has 0 spiro atoms. The van der Waals surface area contributed by atoms with Gasteiger partial charge in [0, 0.05) is 11.4 Å². The van der Waals surface area contributed by atoms with Crippen molar-refractivity contribution >= 4 is 23.4 Å². The fourth-order valence-corrected chi connectivity index (χ4v) is 4.39. The maximum absolute atomic E-state index is 12.9. The van der Waals surface area contributed by atoms with Crippen molar-refractivity contribution in [3.05, 3.63) is 90.3 Å². The van der Waals surface area contributed by atoms with E-state index in [1.807, 2.05) is 104 Å². The Morgan fingerprint density at radius 2 is 1.57 bits per heavy atom. The summed E-state index contributed by atoms with van der Waals surface area (Å²) < 4.78 is 13.3. The second-order valence-corrected chi connectivity index (χ2v) is 9.32. The fraction of sp³-hybridized carbons (Fsp3) is 0.222. The molecule has 0 aliphatic rings. The van der Waals surface area contributed by atoms with E-state index in [9.17, 15) is 4.79 Å². The largest absolute Gasteiger partial charge is 0.497 e. The lowest BCUT2D eigenvalue weighted by Crippen LogP contribution is -2.23. The Labute approximate surface area is 209 Å². The number of anilines is 1. The number of hydrogen-bond acceptors (Lipinski definition) is 6. The molecule has 1 amide bonds. The van der Waals surface area contributed by atoms with Crippen molar-refractivity contribution in [2.45, 2.75) is 37.3 Å². The SMILES string of the molecule is COc1ccc(OC(C)c2nnc(SC(C)C(=O)Nc3ccccc3C)n2-c2ccccc2)cc1. The van der Waals surface area contributed by atoms with Gasteiger partial charge in [-0.1, -0.05) is 48.2 Å². The number of aryl methyl sites for hydroxylation is 1. The average molecular weight is 489 g/mol. The number of carbonyl (C=O) groups excluding carboxylic acids is 1. The van der Waals surface area contributed by atoms with Crippen LogP contribution in [-0.2, 0) is 4.79 Å². The first-order valence-electron chi connectivity index (χ1n) is 11.3. The van der Waals surface area contributed by atoms with Gasteiger partial charge in [0.05, 0.1) is 12.4 Å². The molecule has 4 rings (SSSR count). The lowest BCUT2D eigenvalue weighted by molar-refractivity contribution is -0.115. The van der Waals surface area contributed by atoms with Crippen LogP contribution in [0, 0.1) is 6.92 Å². The normalized spacial score (nSPS) is 12.6. The number of para-hydroxylation sites is 2. The van der Waals surface area contributed by atoms with E-state index < -0.39 is 5.25 Å². The maximum Gasteiger partial charge on any atom is 0.237 e. The van der Waals surface area contributed by atoms with Crippen LogP contribution >= 0.6 is 11.8 Å². The molecule has 0 aliphatic heterocycles. The van der Waals surface area contributed by atoms with Crippen molar-refractivity contribution in [1.82, 2.24) is 14.8 Å². The van der Waals surface area contributed by atoms with E-state index in [-0.39, 0.29) is 12.0 Å². The fourth-order valence-electron chi connectivity index (χ4n) is 3.51. The molecule has 35 heavy (non-hydrogen) atoms. The summed E-state index contributed by atoms with van der Waals surface area (Å²) in [7, 11) is 1.63. The molecule has 8 heteroatoms. The van der Waals surface area contributed by atoms with Crippen LogP contribution in [0.1, 0.15) is 31.3 Å². The summed E-state index contributed by atoms with van der Waals surface area (Å²) in [6.07, 6.45) is -0.387. The number of benzene rings is 3. The smallest absolute Gasteiger partial charge is 0.237 e. The van der Waals surface area contributed by atoms with Crippen LogP contribution in [0.4, 0.5) is 5.69 Å². The third kappa shape index (κ3) is 5.84. The molecule has 4 aromatic rings. The van der Waals surface area contributed by atoms with Crippen LogP contribution < -0.4 is 14.8 Å². The number of methoxy groups -OCH3 is 1. The van der Waals surface area contributed by atoms with Gasteiger partial charge in [-0.25, -0.2) is 0 Å². The maximum atomic E-state index is 12.9. The van der Waals surface area contributed by atoms with Crippen LogP contribution in [0.25, 0.3) is 5.69 Å². The summed E-state index contributed by atoms with van der Waals surface area (Å²) in [6.45, 7) is 5.76. The van der Waals surface area contributed by atoms with Crippen molar-refractivity contribution in [3.8, 4) is 17.2 Å². The Balaban J connectivity index is 1.57. The molecule has 0 aliphatic carbocycles. The van der Waals surface area contributed by atoms with Gasteiger partial charge < -0.3 is 14.8 Å². The first kappa shape index (κ1) is 24.3. The third-order valence-corrected chi connectivity index (χ3v) is 6.51. The molecule has 7 nitrogen and oxygen atoms in total. The van der Waals surface area contributed by atoms with E-state index in [0.717, 1.165) is 22.7 Å². The molecular weight excluding hydrogens is 460 g/mol. The molecule has 3 aromatic carbocycles. The van der Waals surface area contributed by atoms with Crippen LogP contribution in [0.15, 0.2) is 84.0 Å². The summed E-state index contributed by atoms with van der Waals surface area (Å²) in [5, 5.41) is 12.1. The molecule has 0 radical (unpaired) electrons. The summed E-state index contributed by atoms with van der Waals surface area (Å²) >= 11 is 1.35. The highest BCUT2D eigenvalue weighted by atomic mass is 32.2. The molecule has 2 unspecified atom stereocenters. The number of rotatable bonds is 9. The zero-order chi connectivity index (χ0) is 24.8. The van der Waals surface area contributed by atoms with Gasteiger partial charge in [0.1, 0.15) is 11.5 Å². The Kier molecular flexibility index (Phi) is 7.72. The van der Waals surface area contributed by atoms with Crippen LogP contribution in [-0.4, -0.2) is 33.0 Å². The van der Waals surface area contributed by atoms with E-state index >= 15 is 0 Å². The van der Waals surface area contributed by atoms with Gasteiger partial charge in [-0.3, -0.25) is 9.36 Å². The minimum Gasteiger partial charge on any atom is -0.497 e. The average Bonchev–Trinajstić information content (AvgIpc) is 3.30. The van der Waals surface area contributed by atoms with Gasteiger partial charge in [0.15, 0.2) is 17.1 Å². The molecule has 0 fully saturated rings. The van der Waals surface area contributed by atoms with Crippen LogP contribution in [0.3, 0.4) is 0 Å². The van der Waals surface area contributed by atoms with E-state index in [2.05, 4.69) is 15.5 Å². The second-order valence-electron chi connectivity index (χ2n) is 8.01. The number of aromatic nitrogens is 3. The van der Waals surface area contributed by atoms with Crippen molar-refractivity contribution in [1.29, 1.82) is 0 Å². The predicted octanol–water partition coefficient (Wildman–Crippen LogP) is 5.84. The molecule has 2 atom stereocenters. The standard InChI is InChI=1S/C27H28N4O3S/c1-18-10-8-9-13-24(18)28-26(32)20(3)35-27-30-29-25(31(27)21-11-6-5-7-12-21)19(2)34-23-16-14-22(33-4)15-17-23/h5-17,19-20H,1-4H3,(H,28,32). The van der Waals surface area contributed by atoms with Gasteiger partial charge in [-0.2, -0.15) is 0 Å². The Morgan fingerprint density at radius 1 is 0.914 bits per heavy atom. The van der Waals surface area contributed by atoms with Gasteiger partial charge in [0.25, 0.3) is 0 Å². The highest BCUT2D eigenvalue weighted by molar-refractivity contribution is 8.00. The van der Waals surface area contributed by atoms with Crippen molar-refractivity contribution < 1.29 is 14.3 Å². The summed E-state index contributed by atoms with van der Waals surface area (Å²) in [4.78, 5) is 12.9. The topological polar surface area (TPSA) is 78.3 Å². The van der Waals surface area contributed by atoms with Crippen LogP contribution in [0.5, 0.6) is 11.5 Å². The zero-order valence-electron chi connectivity index (χ0n) is 20.1. The van der Waals surface area contributed by atoms with Crippen molar-refractivity contribution in [2.24, 2.45) is 0 Å². The number of carbonyl (C=O) groups is 1. The summed E-state index contributed by atoms with van der Waals surface area (Å²) in [5.74, 6) is 1.99.